The third kappa shape index (κ3) is 2.97. The highest BCUT2D eigenvalue weighted by Crippen LogP contribution is 2.28. The predicted molar refractivity (Wildman–Crippen MR) is 71.6 cm³/mol. The van der Waals surface area contributed by atoms with E-state index >= 15 is 0 Å². The van der Waals surface area contributed by atoms with Crippen molar-refractivity contribution < 1.29 is 13.9 Å². The fraction of sp³-hybridized carbons (Fsp3) is 0.231. The summed E-state index contributed by atoms with van der Waals surface area (Å²) in [6, 6.07) is 9.12. The summed E-state index contributed by atoms with van der Waals surface area (Å²) in [4.78, 5) is 16.0. The molecule has 19 heavy (non-hydrogen) atoms. The van der Waals surface area contributed by atoms with Gasteiger partial charge in [-0.2, -0.15) is 0 Å². The lowest BCUT2D eigenvalue weighted by Gasteiger charge is -2.26. The Morgan fingerprint density at radius 3 is 2.79 bits per heavy atom. The topological polar surface area (TPSA) is 78.4 Å². The van der Waals surface area contributed by atoms with Crippen LogP contribution in [0.3, 0.4) is 0 Å². The van der Waals surface area contributed by atoms with Crippen molar-refractivity contribution in [2.24, 2.45) is 5.73 Å². The van der Waals surface area contributed by atoms with Crippen LogP contribution in [0.1, 0.15) is 5.56 Å². The first-order valence-electron chi connectivity index (χ1n) is 5.62. The van der Waals surface area contributed by atoms with Gasteiger partial charge < -0.3 is 14.9 Å². The Bertz CT molecular complexity index is 530. The second-order valence-corrected chi connectivity index (χ2v) is 4.84. The molecule has 6 heteroatoms. The van der Waals surface area contributed by atoms with Crippen molar-refractivity contribution in [2.75, 3.05) is 12.9 Å². The Morgan fingerprint density at radius 1 is 1.47 bits per heavy atom. The minimum absolute atomic E-state index is 0.282. The summed E-state index contributed by atoms with van der Waals surface area (Å²) in [6.45, 7) is 0. The monoisotopic (exact) mass is 278 g/mol. The summed E-state index contributed by atoms with van der Waals surface area (Å²) < 4.78 is 9.93. The lowest BCUT2D eigenvalue weighted by molar-refractivity contribution is -0.146. The maximum atomic E-state index is 12.0. The molecule has 0 saturated carbocycles. The summed E-state index contributed by atoms with van der Waals surface area (Å²) in [6.07, 6.45) is 3.02. The molecule has 0 saturated heterocycles. The van der Waals surface area contributed by atoms with Crippen LogP contribution in [0.5, 0.6) is 0 Å². The second-order valence-electron chi connectivity index (χ2n) is 3.92. The number of hydrogen-bond acceptors (Lipinski definition) is 6. The lowest BCUT2D eigenvalue weighted by Crippen LogP contribution is -2.48. The third-order valence-corrected chi connectivity index (χ3v) is 3.72. The van der Waals surface area contributed by atoms with Gasteiger partial charge >= 0.3 is 5.97 Å². The fourth-order valence-electron chi connectivity index (χ4n) is 1.64. The Morgan fingerprint density at radius 2 is 2.21 bits per heavy atom. The zero-order chi connectivity index (χ0) is 13.7. The van der Waals surface area contributed by atoms with Crippen molar-refractivity contribution in [3.63, 3.8) is 0 Å². The zero-order valence-corrected chi connectivity index (χ0v) is 11.2. The molecule has 1 atom stereocenters. The van der Waals surface area contributed by atoms with Crippen LogP contribution in [-0.2, 0) is 15.1 Å². The number of hydrogen-bond donors (Lipinski definition) is 1. The van der Waals surface area contributed by atoms with E-state index in [2.05, 4.69) is 4.98 Å². The molecule has 0 radical (unpaired) electrons. The average Bonchev–Trinajstić information content (AvgIpc) is 2.98. The molecule has 1 aromatic heterocycles. The minimum Gasteiger partial charge on any atom is -0.467 e. The number of ether oxygens (including phenoxy) is 1. The third-order valence-electron chi connectivity index (χ3n) is 2.67. The molecule has 0 aliphatic rings. The van der Waals surface area contributed by atoms with Crippen molar-refractivity contribution >= 4 is 17.7 Å². The van der Waals surface area contributed by atoms with E-state index in [0.29, 0.717) is 10.8 Å². The fourth-order valence-corrected chi connectivity index (χ4v) is 2.53. The van der Waals surface area contributed by atoms with Crippen LogP contribution in [0.4, 0.5) is 0 Å². The molecule has 2 aromatic rings. The largest absolute Gasteiger partial charge is 0.467 e. The second kappa shape index (κ2) is 5.90. The molecule has 0 bridgehead atoms. The van der Waals surface area contributed by atoms with Crippen LogP contribution in [-0.4, -0.2) is 23.8 Å². The first-order valence-corrected chi connectivity index (χ1v) is 6.60. The average molecular weight is 278 g/mol. The number of nitrogens with zero attached hydrogens (tertiary/aromatic N) is 1. The normalized spacial score (nSPS) is 13.8. The quantitative estimate of drug-likeness (QED) is 0.663. The Hall–Kier alpha value is -1.79. The summed E-state index contributed by atoms with van der Waals surface area (Å²) in [5.74, 6) is -0.206. The summed E-state index contributed by atoms with van der Waals surface area (Å²) in [5, 5.41) is 0.467. The first kappa shape index (κ1) is 13.6. The molecule has 0 aliphatic carbocycles. The number of carbonyl (C=O) groups excluding carboxylic acids is 1. The zero-order valence-electron chi connectivity index (χ0n) is 10.4. The van der Waals surface area contributed by atoms with Gasteiger partial charge in [-0.3, -0.25) is 0 Å². The Kier molecular flexibility index (Phi) is 4.24. The van der Waals surface area contributed by atoms with E-state index in [0.717, 1.165) is 0 Å². The van der Waals surface area contributed by atoms with Crippen LogP contribution in [0.15, 0.2) is 52.4 Å². The SMILES string of the molecule is COC(=O)C(N)(CSc1ncco1)c1ccccc1. The van der Waals surface area contributed by atoms with Gasteiger partial charge in [0.15, 0.2) is 0 Å². The molecule has 2 rings (SSSR count). The van der Waals surface area contributed by atoms with Crippen LogP contribution in [0, 0.1) is 0 Å². The van der Waals surface area contributed by atoms with Gasteiger partial charge in [0.25, 0.3) is 5.22 Å². The number of carbonyl (C=O) groups is 1. The minimum atomic E-state index is -1.23. The number of esters is 1. The summed E-state index contributed by atoms with van der Waals surface area (Å²) in [5.41, 5.74) is 5.69. The first-order chi connectivity index (χ1) is 9.16. The number of rotatable bonds is 5. The standard InChI is InChI=1S/C13H14N2O3S/c1-17-11(16)13(14,10-5-3-2-4-6-10)9-19-12-15-7-8-18-12/h2-8H,9,14H2,1H3. The molecule has 0 aliphatic heterocycles. The maximum Gasteiger partial charge on any atom is 0.331 e. The maximum absolute atomic E-state index is 12.0. The Labute approximate surface area is 115 Å². The van der Waals surface area contributed by atoms with E-state index in [1.165, 1.54) is 25.1 Å². The van der Waals surface area contributed by atoms with Gasteiger partial charge in [0, 0.05) is 5.75 Å². The van der Waals surface area contributed by atoms with Crippen molar-refractivity contribution in [3.05, 3.63) is 48.4 Å². The van der Waals surface area contributed by atoms with Crippen LogP contribution in [0.2, 0.25) is 0 Å². The van der Waals surface area contributed by atoms with Crippen molar-refractivity contribution in [2.45, 2.75) is 10.8 Å². The predicted octanol–water partition coefficient (Wildman–Crippen LogP) is 1.79. The molecular weight excluding hydrogens is 264 g/mol. The number of aromatic nitrogens is 1. The molecule has 0 spiro atoms. The highest BCUT2D eigenvalue weighted by atomic mass is 32.2. The van der Waals surface area contributed by atoms with Gasteiger partial charge in [-0.25, -0.2) is 9.78 Å². The molecule has 0 amide bonds. The van der Waals surface area contributed by atoms with E-state index in [4.69, 9.17) is 14.9 Å². The molecule has 0 fully saturated rings. The van der Waals surface area contributed by atoms with Gasteiger partial charge in [-0.1, -0.05) is 42.1 Å². The number of oxazole rings is 1. The number of benzene rings is 1. The smallest absolute Gasteiger partial charge is 0.331 e. The van der Waals surface area contributed by atoms with Gasteiger partial charge in [-0.05, 0) is 5.56 Å². The summed E-state index contributed by atoms with van der Waals surface area (Å²) >= 11 is 1.27. The van der Waals surface area contributed by atoms with Crippen molar-refractivity contribution in [1.29, 1.82) is 0 Å². The summed E-state index contributed by atoms with van der Waals surface area (Å²) in [7, 11) is 1.32. The van der Waals surface area contributed by atoms with Gasteiger partial charge in [0.1, 0.15) is 11.8 Å². The Balaban J connectivity index is 2.22. The van der Waals surface area contributed by atoms with Crippen LogP contribution >= 0.6 is 11.8 Å². The number of thioether (sulfide) groups is 1. The van der Waals surface area contributed by atoms with E-state index in [1.54, 1.807) is 18.3 Å². The van der Waals surface area contributed by atoms with Gasteiger partial charge in [-0.15, -0.1) is 0 Å². The highest BCUT2D eigenvalue weighted by molar-refractivity contribution is 7.99. The van der Waals surface area contributed by atoms with E-state index < -0.39 is 11.5 Å². The molecular formula is C13H14N2O3S. The van der Waals surface area contributed by atoms with Gasteiger partial charge in [0.2, 0.25) is 0 Å². The van der Waals surface area contributed by atoms with E-state index in [-0.39, 0.29) is 5.75 Å². The highest BCUT2D eigenvalue weighted by Gasteiger charge is 2.37. The van der Waals surface area contributed by atoms with Gasteiger partial charge in [0.05, 0.1) is 13.3 Å². The van der Waals surface area contributed by atoms with Crippen LogP contribution in [0.25, 0.3) is 0 Å². The molecule has 1 aromatic carbocycles. The molecule has 1 heterocycles. The molecule has 2 N–H and O–H groups in total. The molecule has 5 nitrogen and oxygen atoms in total. The lowest BCUT2D eigenvalue weighted by atomic mass is 9.93. The van der Waals surface area contributed by atoms with Crippen LogP contribution < -0.4 is 5.73 Å². The number of methoxy groups -OCH3 is 1. The molecule has 100 valence electrons. The van der Waals surface area contributed by atoms with Crippen molar-refractivity contribution in [3.8, 4) is 0 Å². The van der Waals surface area contributed by atoms with Crippen molar-refractivity contribution in [1.82, 2.24) is 4.98 Å². The van der Waals surface area contributed by atoms with E-state index in [1.807, 2.05) is 18.2 Å². The number of nitrogens with two attached hydrogens (primary N) is 1. The molecule has 1 unspecified atom stereocenters. The van der Waals surface area contributed by atoms with E-state index in [9.17, 15) is 4.79 Å².